The standard InChI is InChI=1S/C15H23BrO/c1-7-15(17-6)13(10(2)3)8-12(16)9-14(15)11(4)5/h7-11,13H,1H2,2-6H3. The molecule has 0 aromatic carbocycles. The van der Waals surface area contributed by atoms with Gasteiger partial charge >= 0.3 is 0 Å². The van der Waals surface area contributed by atoms with Gasteiger partial charge in [-0.05, 0) is 23.5 Å². The van der Waals surface area contributed by atoms with E-state index in [0.29, 0.717) is 17.8 Å². The van der Waals surface area contributed by atoms with E-state index in [0.717, 1.165) is 4.48 Å². The van der Waals surface area contributed by atoms with Crippen molar-refractivity contribution in [3.05, 3.63) is 34.9 Å². The molecule has 0 radical (unpaired) electrons. The van der Waals surface area contributed by atoms with Crippen molar-refractivity contribution in [2.24, 2.45) is 17.8 Å². The Morgan fingerprint density at radius 1 is 1.41 bits per heavy atom. The number of hydrogen-bond acceptors (Lipinski definition) is 1. The summed E-state index contributed by atoms with van der Waals surface area (Å²) in [4.78, 5) is 0. The predicted octanol–water partition coefficient (Wildman–Crippen LogP) is 4.70. The van der Waals surface area contributed by atoms with E-state index in [2.05, 4.69) is 62.4 Å². The van der Waals surface area contributed by atoms with E-state index in [1.807, 2.05) is 6.08 Å². The summed E-state index contributed by atoms with van der Waals surface area (Å²) in [5.41, 5.74) is 0.933. The average molecular weight is 299 g/mol. The molecule has 0 fully saturated rings. The van der Waals surface area contributed by atoms with Crippen LogP contribution >= 0.6 is 15.9 Å². The SMILES string of the molecule is C=CC1(OC)C(C(C)C)=CC(Br)=CC1C(C)C. The third-order valence-electron chi connectivity index (χ3n) is 3.56. The summed E-state index contributed by atoms with van der Waals surface area (Å²) < 4.78 is 7.02. The third-order valence-corrected chi connectivity index (χ3v) is 4.05. The van der Waals surface area contributed by atoms with Crippen LogP contribution in [0.15, 0.2) is 34.9 Å². The molecule has 1 nitrogen and oxygen atoms in total. The molecule has 0 aromatic rings. The molecular weight excluding hydrogens is 276 g/mol. The predicted molar refractivity (Wildman–Crippen MR) is 78.2 cm³/mol. The van der Waals surface area contributed by atoms with Gasteiger partial charge in [-0.15, -0.1) is 0 Å². The van der Waals surface area contributed by atoms with Gasteiger partial charge in [0.1, 0.15) is 5.60 Å². The summed E-state index contributed by atoms with van der Waals surface area (Å²) in [6.45, 7) is 12.9. The topological polar surface area (TPSA) is 9.23 Å². The van der Waals surface area contributed by atoms with Gasteiger partial charge in [0.25, 0.3) is 0 Å². The summed E-state index contributed by atoms with van der Waals surface area (Å²) in [7, 11) is 1.78. The molecule has 0 heterocycles. The zero-order valence-electron chi connectivity index (χ0n) is 11.5. The maximum atomic E-state index is 5.87. The van der Waals surface area contributed by atoms with Crippen molar-refractivity contribution in [3.63, 3.8) is 0 Å². The van der Waals surface area contributed by atoms with Gasteiger partial charge in [0.15, 0.2) is 0 Å². The number of halogens is 1. The Morgan fingerprint density at radius 2 is 2.00 bits per heavy atom. The summed E-state index contributed by atoms with van der Waals surface area (Å²) in [6, 6.07) is 0. The molecule has 0 saturated heterocycles. The Labute approximate surface area is 114 Å². The lowest BCUT2D eigenvalue weighted by molar-refractivity contribution is 0.00619. The summed E-state index contributed by atoms with van der Waals surface area (Å²) in [5, 5.41) is 0. The van der Waals surface area contributed by atoms with Crippen LogP contribution in [0, 0.1) is 17.8 Å². The first-order valence-electron chi connectivity index (χ1n) is 6.17. The highest BCUT2D eigenvalue weighted by atomic mass is 79.9. The van der Waals surface area contributed by atoms with Gasteiger partial charge in [0.2, 0.25) is 0 Å². The van der Waals surface area contributed by atoms with E-state index in [-0.39, 0.29) is 5.60 Å². The highest BCUT2D eigenvalue weighted by Gasteiger charge is 2.43. The number of methoxy groups -OCH3 is 1. The second-order valence-electron chi connectivity index (χ2n) is 5.28. The molecule has 1 aliphatic carbocycles. The summed E-state index contributed by atoms with van der Waals surface area (Å²) in [6.07, 6.45) is 6.37. The molecule has 17 heavy (non-hydrogen) atoms. The third kappa shape index (κ3) is 2.58. The van der Waals surface area contributed by atoms with Crippen molar-refractivity contribution in [2.75, 3.05) is 7.11 Å². The highest BCUT2D eigenvalue weighted by molar-refractivity contribution is 9.11. The van der Waals surface area contributed by atoms with Gasteiger partial charge < -0.3 is 4.74 Å². The van der Waals surface area contributed by atoms with Crippen LogP contribution < -0.4 is 0 Å². The lowest BCUT2D eigenvalue weighted by Gasteiger charge is -2.43. The monoisotopic (exact) mass is 298 g/mol. The Morgan fingerprint density at radius 3 is 2.35 bits per heavy atom. The first-order chi connectivity index (χ1) is 7.89. The fourth-order valence-corrected chi connectivity index (χ4v) is 3.23. The second kappa shape index (κ2) is 5.53. The molecule has 0 N–H and O–H groups in total. The van der Waals surface area contributed by atoms with Crippen LogP contribution in [0.1, 0.15) is 27.7 Å². The van der Waals surface area contributed by atoms with Crippen molar-refractivity contribution < 1.29 is 4.74 Å². The van der Waals surface area contributed by atoms with E-state index in [1.165, 1.54) is 5.57 Å². The Kier molecular flexibility index (Phi) is 4.79. The lowest BCUT2D eigenvalue weighted by Crippen LogP contribution is -2.44. The Bertz CT molecular complexity index is 352. The molecule has 1 rings (SSSR count). The Balaban J connectivity index is 3.35. The molecule has 2 unspecified atom stereocenters. The zero-order valence-corrected chi connectivity index (χ0v) is 13.0. The first-order valence-corrected chi connectivity index (χ1v) is 6.96. The molecule has 1 aliphatic rings. The summed E-state index contributed by atoms with van der Waals surface area (Å²) >= 11 is 3.61. The van der Waals surface area contributed by atoms with Crippen molar-refractivity contribution in [2.45, 2.75) is 33.3 Å². The molecule has 0 amide bonds. The average Bonchev–Trinajstić information content (AvgIpc) is 2.28. The van der Waals surface area contributed by atoms with Crippen LogP contribution in [0.25, 0.3) is 0 Å². The molecule has 0 aromatic heterocycles. The van der Waals surface area contributed by atoms with Crippen LogP contribution in [0.3, 0.4) is 0 Å². The molecule has 0 aliphatic heterocycles. The van der Waals surface area contributed by atoms with Crippen LogP contribution in [0.4, 0.5) is 0 Å². The first kappa shape index (κ1) is 14.7. The molecule has 96 valence electrons. The fourth-order valence-electron chi connectivity index (χ4n) is 2.69. The largest absolute Gasteiger partial charge is 0.369 e. The number of rotatable bonds is 4. The van der Waals surface area contributed by atoms with Crippen LogP contribution in [0.5, 0.6) is 0 Å². The molecular formula is C15H23BrO. The van der Waals surface area contributed by atoms with Crippen LogP contribution in [-0.2, 0) is 4.74 Å². The van der Waals surface area contributed by atoms with Crippen molar-refractivity contribution in [1.29, 1.82) is 0 Å². The molecule has 0 saturated carbocycles. The van der Waals surface area contributed by atoms with Crippen molar-refractivity contribution in [1.82, 2.24) is 0 Å². The lowest BCUT2D eigenvalue weighted by atomic mass is 9.69. The molecule has 2 atom stereocenters. The van der Waals surface area contributed by atoms with Gasteiger partial charge in [-0.1, -0.05) is 62.4 Å². The highest BCUT2D eigenvalue weighted by Crippen LogP contribution is 2.44. The maximum Gasteiger partial charge on any atom is 0.114 e. The molecule has 0 bridgehead atoms. The number of hydrogen-bond donors (Lipinski definition) is 0. The fraction of sp³-hybridized carbons (Fsp3) is 0.600. The van der Waals surface area contributed by atoms with E-state index in [4.69, 9.17) is 4.74 Å². The maximum absolute atomic E-state index is 5.87. The minimum atomic E-state index is -0.362. The van der Waals surface area contributed by atoms with Crippen LogP contribution in [-0.4, -0.2) is 12.7 Å². The number of allylic oxidation sites excluding steroid dienone is 2. The summed E-state index contributed by atoms with van der Waals surface area (Å²) in [5.74, 6) is 1.26. The van der Waals surface area contributed by atoms with E-state index in [9.17, 15) is 0 Å². The second-order valence-corrected chi connectivity index (χ2v) is 6.19. The van der Waals surface area contributed by atoms with E-state index < -0.39 is 0 Å². The van der Waals surface area contributed by atoms with E-state index in [1.54, 1.807) is 7.11 Å². The quantitative estimate of drug-likeness (QED) is 0.683. The van der Waals surface area contributed by atoms with Gasteiger partial charge in [-0.2, -0.15) is 0 Å². The van der Waals surface area contributed by atoms with Gasteiger partial charge in [0, 0.05) is 17.5 Å². The zero-order chi connectivity index (χ0) is 13.2. The minimum absolute atomic E-state index is 0.321. The van der Waals surface area contributed by atoms with Gasteiger partial charge in [-0.25, -0.2) is 0 Å². The Hall–Kier alpha value is -0.340. The van der Waals surface area contributed by atoms with Crippen LogP contribution in [0.2, 0.25) is 0 Å². The van der Waals surface area contributed by atoms with Crippen molar-refractivity contribution >= 4 is 15.9 Å². The molecule has 0 spiro atoms. The van der Waals surface area contributed by atoms with Crippen molar-refractivity contribution in [3.8, 4) is 0 Å². The van der Waals surface area contributed by atoms with Gasteiger partial charge in [0.05, 0.1) is 0 Å². The van der Waals surface area contributed by atoms with E-state index >= 15 is 0 Å². The number of ether oxygens (including phenoxy) is 1. The molecule has 2 heteroatoms. The van der Waals surface area contributed by atoms with Gasteiger partial charge in [-0.3, -0.25) is 0 Å². The minimum Gasteiger partial charge on any atom is -0.369 e. The normalized spacial score (nSPS) is 29.3. The smallest absolute Gasteiger partial charge is 0.114 e.